The molecule has 0 spiro atoms. The number of hydrogen-bond acceptors (Lipinski definition) is 3. The lowest BCUT2D eigenvalue weighted by molar-refractivity contribution is -0.137. The number of pyridine rings is 1. The lowest BCUT2D eigenvalue weighted by atomic mass is 10.2. The molecule has 1 heterocycles. The van der Waals surface area contributed by atoms with Crippen LogP contribution in [0, 0.1) is 0 Å². The molecule has 0 aromatic carbocycles. The number of urea groups is 1. The first-order valence-electron chi connectivity index (χ1n) is 6.11. The fourth-order valence-electron chi connectivity index (χ4n) is 1.57. The van der Waals surface area contributed by atoms with Gasteiger partial charge >= 0.3 is 12.0 Å². The number of aromatic nitrogens is 1. The summed E-state index contributed by atoms with van der Waals surface area (Å²) in [6, 6.07) is 3.31. The van der Waals surface area contributed by atoms with Crippen LogP contribution in [0.2, 0.25) is 0 Å². The van der Waals surface area contributed by atoms with E-state index in [2.05, 4.69) is 10.3 Å². The SMILES string of the molecule is CC(CCC(=O)O)NC(=O)N(C)Cc1ccncc1. The van der Waals surface area contributed by atoms with E-state index in [9.17, 15) is 9.59 Å². The third-order valence-electron chi connectivity index (χ3n) is 2.68. The summed E-state index contributed by atoms with van der Waals surface area (Å²) in [7, 11) is 1.69. The lowest BCUT2D eigenvalue weighted by Crippen LogP contribution is -2.41. The third kappa shape index (κ3) is 5.85. The van der Waals surface area contributed by atoms with Gasteiger partial charge in [-0.2, -0.15) is 0 Å². The van der Waals surface area contributed by atoms with Gasteiger partial charge in [-0.15, -0.1) is 0 Å². The molecule has 6 nitrogen and oxygen atoms in total. The molecule has 1 unspecified atom stereocenters. The molecule has 0 fully saturated rings. The third-order valence-corrected chi connectivity index (χ3v) is 2.68. The number of carboxylic acid groups (broad SMARTS) is 1. The van der Waals surface area contributed by atoms with Gasteiger partial charge in [0.1, 0.15) is 0 Å². The summed E-state index contributed by atoms with van der Waals surface area (Å²) in [5.41, 5.74) is 0.992. The van der Waals surface area contributed by atoms with Crippen molar-refractivity contribution >= 4 is 12.0 Å². The van der Waals surface area contributed by atoms with Gasteiger partial charge in [-0.3, -0.25) is 9.78 Å². The van der Waals surface area contributed by atoms with Crippen LogP contribution in [0.3, 0.4) is 0 Å². The summed E-state index contributed by atoms with van der Waals surface area (Å²) < 4.78 is 0. The largest absolute Gasteiger partial charge is 0.481 e. The number of amides is 2. The molecule has 0 aliphatic carbocycles. The standard InChI is InChI=1S/C13H19N3O3/c1-10(3-4-12(17)18)15-13(19)16(2)9-11-5-7-14-8-6-11/h5-8,10H,3-4,9H2,1-2H3,(H,15,19)(H,17,18). The van der Waals surface area contributed by atoms with Crippen molar-refractivity contribution in [2.45, 2.75) is 32.4 Å². The quantitative estimate of drug-likeness (QED) is 0.816. The Bertz CT molecular complexity index is 422. The van der Waals surface area contributed by atoms with Gasteiger partial charge in [-0.25, -0.2) is 4.79 Å². The smallest absolute Gasteiger partial charge is 0.317 e. The molecular formula is C13H19N3O3. The topological polar surface area (TPSA) is 82.5 Å². The van der Waals surface area contributed by atoms with Crippen LogP contribution in [0.4, 0.5) is 4.79 Å². The van der Waals surface area contributed by atoms with E-state index in [1.54, 1.807) is 31.3 Å². The molecule has 1 aromatic rings. The van der Waals surface area contributed by atoms with Crippen LogP contribution in [0.25, 0.3) is 0 Å². The number of nitrogens with zero attached hydrogens (tertiary/aromatic N) is 2. The first kappa shape index (κ1) is 14.9. The molecule has 1 aromatic heterocycles. The van der Waals surface area contributed by atoms with E-state index in [0.717, 1.165) is 5.56 Å². The van der Waals surface area contributed by atoms with E-state index >= 15 is 0 Å². The molecule has 1 rings (SSSR count). The van der Waals surface area contributed by atoms with Crippen molar-refractivity contribution < 1.29 is 14.7 Å². The molecule has 0 saturated heterocycles. The van der Waals surface area contributed by atoms with E-state index in [1.807, 2.05) is 12.1 Å². The zero-order valence-electron chi connectivity index (χ0n) is 11.2. The number of hydrogen-bond donors (Lipinski definition) is 2. The summed E-state index contributed by atoms with van der Waals surface area (Å²) in [5, 5.41) is 11.3. The Morgan fingerprint density at radius 2 is 2.05 bits per heavy atom. The summed E-state index contributed by atoms with van der Waals surface area (Å²) >= 11 is 0. The van der Waals surface area contributed by atoms with Crippen LogP contribution in [-0.4, -0.2) is 40.1 Å². The maximum absolute atomic E-state index is 11.9. The van der Waals surface area contributed by atoms with Gasteiger partial charge in [0, 0.05) is 38.4 Å². The zero-order valence-corrected chi connectivity index (χ0v) is 11.2. The minimum Gasteiger partial charge on any atom is -0.481 e. The Morgan fingerprint density at radius 3 is 2.63 bits per heavy atom. The van der Waals surface area contributed by atoms with E-state index in [0.29, 0.717) is 13.0 Å². The van der Waals surface area contributed by atoms with Crippen molar-refractivity contribution in [3.05, 3.63) is 30.1 Å². The predicted octanol–water partition coefficient (Wildman–Crippen LogP) is 1.48. The van der Waals surface area contributed by atoms with Gasteiger partial charge in [-0.1, -0.05) is 0 Å². The molecular weight excluding hydrogens is 246 g/mol. The summed E-state index contributed by atoms with van der Waals surface area (Å²) in [4.78, 5) is 27.8. The molecule has 0 aliphatic rings. The maximum Gasteiger partial charge on any atom is 0.317 e. The Balaban J connectivity index is 2.38. The van der Waals surface area contributed by atoms with Crippen molar-refractivity contribution in [3.8, 4) is 0 Å². The van der Waals surface area contributed by atoms with E-state index < -0.39 is 5.97 Å². The molecule has 104 valence electrons. The van der Waals surface area contributed by atoms with E-state index in [-0.39, 0.29) is 18.5 Å². The van der Waals surface area contributed by atoms with Crippen LogP contribution in [0.1, 0.15) is 25.3 Å². The lowest BCUT2D eigenvalue weighted by Gasteiger charge is -2.21. The second-order valence-electron chi connectivity index (χ2n) is 4.49. The van der Waals surface area contributed by atoms with E-state index in [1.165, 1.54) is 0 Å². The van der Waals surface area contributed by atoms with Gasteiger partial charge in [-0.05, 0) is 31.0 Å². The number of aliphatic carboxylic acids is 1. The number of carboxylic acids is 1. The molecule has 0 radical (unpaired) electrons. The molecule has 2 amide bonds. The van der Waals surface area contributed by atoms with Crippen molar-refractivity contribution in [1.82, 2.24) is 15.2 Å². The van der Waals surface area contributed by atoms with Gasteiger partial charge in [0.15, 0.2) is 0 Å². The first-order chi connectivity index (χ1) is 8.99. The fourth-order valence-corrected chi connectivity index (χ4v) is 1.57. The molecule has 0 bridgehead atoms. The molecule has 0 saturated carbocycles. The minimum atomic E-state index is -0.855. The monoisotopic (exact) mass is 265 g/mol. The van der Waals surface area contributed by atoms with Crippen molar-refractivity contribution in [2.75, 3.05) is 7.05 Å². The van der Waals surface area contributed by atoms with E-state index in [4.69, 9.17) is 5.11 Å². The van der Waals surface area contributed by atoms with Crippen molar-refractivity contribution in [2.24, 2.45) is 0 Å². The van der Waals surface area contributed by atoms with Crippen LogP contribution in [-0.2, 0) is 11.3 Å². The molecule has 6 heteroatoms. The van der Waals surface area contributed by atoms with Crippen LogP contribution in [0.15, 0.2) is 24.5 Å². The van der Waals surface area contributed by atoms with Crippen molar-refractivity contribution in [3.63, 3.8) is 0 Å². The first-order valence-corrected chi connectivity index (χ1v) is 6.11. The van der Waals surface area contributed by atoms with Gasteiger partial charge in [0.25, 0.3) is 0 Å². The average Bonchev–Trinajstić information content (AvgIpc) is 2.37. The minimum absolute atomic E-state index is 0.0511. The molecule has 0 aliphatic heterocycles. The number of carbonyl (C=O) groups excluding carboxylic acids is 1. The highest BCUT2D eigenvalue weighted by Crippen LogP contribution is 2.03. The number of nitrogens with one attached hydrogen (secondary N) is 1. The summed E-state index contributed by atoms with van der Waals surface area (Å²) in [5.74, 6) is -0.855. The highest BCUT2D eigenvalue weighted by atomic mass is 16.4. The van der Waals surface area contributed by atoms with Crippen LogP contribution < -0.4 is 5.32 Å². The Morgan fingerprint density at radius 1 is 1.42 bits per heavy atom. The highest BCUT2D eigenvalue weighted by molar-refractivity contribution is 5.74. The summed E-state index contributed by atoms with van der Waals surface area (Å²) in [6.07, 6.45) is 3.83. The Kier molecular flexibility index (Phi) is 5.78. The Hall–Kier alpha value is -2.11. The fraction of sp³-hybridized carbons (Fsp3) is 0.462. The van der Waals surface area contributed by atoms with Gasteiger partial charge < -0.3 is 15.3 Å². The molecule has 2 N–H and O–H groups in total. The second-order valence-corrected chi connectivity index (χ2v) is 4.49. The number of carbonyl (C=O) groups is 2. The van der Waals surface area contributed by atoms with Gasteiger partial charge in [0.05, 0.1) is 0 Å². The maximum atomic E-state index is 11.9. The molecule has 19 heavy (non-hydrogen) atoms. The van der Waals surface area contributed by atoms with Crippen molar-refractivity contribution in [1.29, 1.82) is 0 Å². The van der Waals surface area contributed by atoms with Crippen LogP contribution in [0.5, 0.6) is 0 Å². The normalized spacial score (nSPS) is 11.7. The van der Waals surface area contributed by atoms with Gasteiger partial charge in [0.2, 0.25) is 0 Å². The molecule has 1 atom stereocenters. The number of rotatable bonds is 6. The zero-order chi connectivity index (χ0) is 14.3. The predicted molar refractivity (Wildman–Crippen MR) is 70.6 cm³/mol. The second kappa shape index (κ2) is 7.35. The summed E-state index contributed by atoms with van der Waals surface area (Å²) in [6.45, 7) is 2.28. The Labute approximate surface area is 112 Å². The van der Waals surface area contributed by atoms with Crippen LogP contribution >= 0.6 is 0 Å². The highest BCUT2D eigenvalue weighted by Gasteiger charge is 2.13. The average molecular weight is 265 g/mol.